The molecule has 2 heteroatoms. The van der Waals surface area contributed by atoms with Crippen LogP contribution in [0.25, 0.3) is 10.8 Å². The van der Waals surface area contributed by atoms with Crippen LogP contribution in [0.2, 0.25) is 0 Å². The molecule has 0 radical (unpaired) electrons. The fourth-order valence-electron chi connectivity index (χ4n) is 1.03. The molecule has 0 aliphatic rings. The van der Waals surface area contributed by atoms with E-state index in [0.29, 0.717) is 0 Å². The van der Waals surface area contributed by atoms with E-state index < -0.39 is 0 Å². The van der Waals surface area contributed by atoms with Crippen molar-refractivity contribution in [1.29, 1.82) is 0 Å². The SMILES string of the molecule is CC.I.c1ccc2cnccc2c1. The Bertz CT molecular complexity index is 281. The summed E-state index contributed by atoms with van der Waals surface area (Å²) in [6.07, 6.45) is 3.68. The van der Waals surface area contributed by atoms with Crippen LogP contribution in [0, 0.1) is 0 Å². The van der Waals surface area contributed by atoms with E-state index in [1.807, 2.05) is 44.4 Å². The maximum atomic E-state index is 4.01. The fourth-order valence-corrected chi connectivity index (χ4v) is 1.03. The van der Waals surface area contributed by atoms with Gasteiger partial charge in [0.1, 0.15) is 0 Å². The number of fused-ring (bicyclic) bond motifs is 1. The maximum Gasteiger partial charge on any atom is 0.0346 e. The van der Waals surface area contributed by atoms with E-state index in [2.05, 4.69) is 17.1 Å². The van der Waals surface area contributed by atoms with E-state index in [-0.39, 0.29) is 24.0 Å². The number of halogens is 1. The molecule has 0 saturated heterocycles. The van der Waals surface area contributed by atoms with Gasteiger partial charge in [0.15, 0.2) is 0 Å². The van der Waals surface area contributed by atoms with Crippen LogP contribution in [0.5, 0.6) is 0 Å². The predicted octanol–water partition coefficient (Wildman–Crippen LogP) is 3.88. The van der Waals surface area contributed by atoms with E-state index in [9.17, 15) is 0 Å². The van der Waals surface area contributed by atoms with E-state index in [4.69, 9.17) is 0 Å². The lowest BCUT2D eigenvalue weighted by atomic mass is 10.2. The average Bonchev–Trinajstić information content (AvgIpc) is 2.21. The van der Waals surface area contributed by atoms with Crippen molar-refractivity contribution in [2.24, 2.45) is 0 Å². The summed E-state index contributed by atoms with van der Waals surface area (Å²) in [6, 6.07) is 10.2. The molecule has 0 aliphatic carbocycles. The lowest BCUT2D eigenvalue weighted by Gasteiger charge is -1.91. The molecule has 1 heterocycles. The highest BCUT2D eigenvalue weighted by atomic mass is 127. The maximum absolute atomic E-state index is 4.01. The molecule has 0 spiro atoms. The monoisotopic (exact) mass is 287 g/mol. The molecule has 2 aromatic rings. The fraction of sp³-hybridized carbons (Fsp3) is 0.182. The van der Waals surface area contributed by atoms with Gasteiger partial charge in [0.2, 0.25) is 0 Å². The molecule has 13 heavy (non-hydrogen) atoms. The summed E-state index contributed by atoms with van der Waals surface area (Å²) >= 11 is 0. The highest BCUT2D eigenvalue weighted by molar-refractivity contribution is 14.0. The third kappa shape index (κ3) is 3.30. The molecule has 0 aliphatic heterocycles. The molecule has 0 bridgehead atoms. The third-order valence-corrected chi connectivity index (χ3v) is 1.55. The zero-order valence-corrected chi connectivity index (χ0v) is 10.2. The lowest BCUT2D eigenvalue weighted by Crippen LogP contribution is -1.71. The first-order chi connectivity index (χ1) is 5.97. The number of pyridine rings is 1. The van der Waals surface area contributed by atoms with Gasteiger partial charge in [-0.15, -0.1) is 24.0 Å². The molecule has 0 amide bonds. The van der Waals surface area contributed by atoms with Gasteiger partial charge in [-0.3, -0.25) is 4.98 Å². The second kappa shape index (κ2) is 6.83. The quantitative estimate of drug-likeness (QED) is 0.670. The van der Waals surface area contributed by atoms with Gasteiger partial charge in [-0.1, -0.05) is 38.1 Å². The first-order valence-electron chi connectivity index (χ1n) is 4.25. The first kappa shape index (κ1) is 12.4. The molecule has 0 saturated carbocycles. The Kier molecular flexibility index (Phi) is 6.49. The molecule has 70 valence electrons. The number of hydrogen-bond donors (Lipinski definition) is 0. The topological polar surface area (TPSA) is 12.9 Å². The van der Waals surface area contributed by atoms with Crippen LogP contribution >= 0.6 is 24.0 Å². The first-order valence-corrected chi connectivity index (χ1v) is 4.25. The van der Waals surface area contributed by atoms with Crippen LogP contribution in [-0.4, -0.2) is 4.98 Å². The van der Waals surface area contributed by atoms with Crippen LogP contribution in [0.1, 0.15) is 13.8 Å². The molecule has 1 aromatic carbocycles. The van der Waals surface area contributed by atoms with E-state index in [1.54, 1.807) is 0 Å². The second-order valence-corrected chi connectivity index (χ2v) is 2.22. The Morgan fingerprint density at radius 2 is 1.54 bits per heavy atom. The molecule has 1 aromatic heterocycles. The molecule has 0 unspecified atom stereocenters. The van der Waals surface area contributed by atoms with Gasteiger partial charge in [-0.25, -0.2) is 0 Å². The van der Waals surface area contributed by atoms with Crippen LogP contribution in [-0.2, 0) is 0 Å². The summed E-state index contributed by atoms with van der Waals surface area (Å²) in [5.41, 5.74) is 0. The lowest BCUT2D eigenvalue weighted by molar-refractivity contribution is 1.36. The summed E-state index contributed by atoms with van der Waals surface area (Å²) in [4.78, 5) is 4.01. The molecule has 2 rings (SSSR count). The molecule has 0 fully saturated rings. The van der Waals surface area contributed by atoms with Crippen molar-refractivity contribution in [1.82, 2.24) is 4.98 Å². The zero-order chi connectivity index (χ0) is 8.81. The number of benzene rings is 1. The highest BCUT2D eigenvalue weighted by Crippen LogP contribution is 2.09. The van der Waals surface area contributed by atoms with Crippen LogP contribution in [0.15, 0.2) is 42.7 Å². The number of rotatable bonds is 0. The summed E-state index contributed by atoms with van der Waals surface area (Å²) in [7, 11) is 0. The molecule has 0 N–H and O–H groups in total. The number of nitrogens with zero attached hydrogens (tertiary/aromatic N) is 1. The predicted molar refractivity (Wildman–Crippen MR) is 68.5 cm³/mol. The van der Waals surface area contributed by atoms with E-state index in [1.165, 1.54) is 10.8 Å². The second-order valence-electron chi connectivity index (χ2n) is 2.22. The summed E-state index contributed by atoms with van der Waals surface area (Å²) in [5, 5.41) is 2.45. The largest absolute Gasteiger partial charge is 0.264 e. The average molecular weight is 287 g/mol. The Labute approximate surface area is 96.2 Å². The van der Waals surface area contributed by atoms with Crippen LogP contribution in [0.4, 0.5) is 0 Å². The molecular formula is C11H14IN. The highest BCUT2D eigenvalue weighted by Gasteiger charge is 1.86. The van der Waals surface area contributed by atoms with Gasteiger partial charge in [-0.2, -0.15) is 0 Å². The van der Waals surface area contributed by atoms with Crippen LogP contribution < -0.4 is 0 Å². The Morgan fingerprint density at radius 1 is 0.923 bits per heavy atom. The van der Waals surface area contributed by atoms with Crippen LogP contribution in [0.3, 0.4) is 0 Å². The standard InChI is InChI=1S/C9H7N.C2H6.HI/c1-2-4-9-7-10-6-5-8(9)3-1;1-2;/h1-7H;1-2H3;1H. The summed E-state index contributed by atoms with van der Waals surface area (Å²) in [6.45, 7) is 4.00. The normalized spacial score (nSPS) is 8.15. The van der Waals surface area contributed by atoms with Gasteiger partial charge in [-0.05, 0) is 16.8 Å². The molecular weight excluding hydrogens is 273 g/mol. The molecule has 0 atom stereocenters. The minimum Gasteiger partial charge on any atom is -0.264 e. The van der Waals surface area contributed by atoms with Crippen molar-refractivity contribution in [2.45, 2.75) is 13.8 Å². The van der Waals surface area contributed by atoms with E-state index >= 15 is 0 Å². The van der Waals surface area contributed by atoms with Crippen molar-refractivity contribution in [3.8, 4) is 0 Å². The van der Waals surface area contributed by atoms with Crippen molar-refractivity contribution in [3.05, 3.63) is 42.7 Å². The minimum atomic E-state index is 0. The van der Waals surface area contributed by atoms with Gasteiger partial charge in [0, 0.05) is 12.4 Å². The van der Waals surface area contributed by atoms with Gasteiger partial charge >= 0.3 is 0 Å². The Morgan fingerprint density at radius 3 is 2.15 bits per heavy atom. The van der Waals surface area contributed by atoms with Gasteiger partial charge < -0.3 is 0 Å². The third-order valence-electron chi connectivity index (χ3n) is 1.55. The van der Waals surface area contributed by atoms with Crippen molar-refractivity contribution in [3.63, 3.8) is 0 Å². The van der Waals surface area contributed by atoms with E-state index in [0.717, 1.165) is 0 Å². The summed E-state index contributed by atoms with van der Waals surface area (Å²) in [5.74, 6) is 0. The summed E-state index contributed by atoms with van der Waals surface area (Å²) < 4.78 is 0. The Balaban J connectivity index is 0.000000451. The van der Waals surface area contributed by atoms with Crippen molar-refractivity contribution < 1.29 is 0 Å². The van der Waals surface area contributed by atoms with Gasteiger partial charge in [0.25, 0.3) is 0 Å². The van der Waals surface area contributed by atoms with Gasteiger partial charge in [0.05, 0.1) is 0 Å². The number of hydrogen-bond acceptors (Lipinski definition) is 1. The van der Waals surface area contributed by atoms with Crippen molar-refractivity contribution >= 4 is 34.7 Å². The molecule has 1 nitrogen and oxygen atoms in total. The zero-order valence-electron chi connectivity index (χ0n) is 7.90. The smallest absolute Gasteiger partial charge is 0.0346 e. The Hall–Kier alpha value is -0.640. The van der Waals surface area contributed by atoms with Crippen molar-refractivity contribution in [2.75, 3.05) is 0 Å². The number of aromatic nitrogens is 1. The minimum absolute atomic E-state index is 0.